The van der Waals surface area contributed by atoms with Gasteiger partial charge in [-0.15, -0.1) is 10.2 Å². The summed E-state index contributed by atoms with van der Waals surface area (Å²) >= 11 is 0. The van der Waals surface area contributed by atoms with Crippen molar-refractivity contribution in [3.05, 3.63) is 55.1 Å². The zero-order valence-corrected chi connectivity index (χ0v) is 10.6. The van der Waals surface area contributed by atoms with Crippen LogP contribution in [-0.2, 0) is 13.6 Å². The second-order valence-electron chi connectivity index (χ2n) is 4.23. The predicted molar refractivity (Wildman–Crippen MR) is 71.9 cm³/mol. The summed E-state index contributed by atoms with van der Waals surface area (Å²) in [4.78, 5) is 4.28. The minimum absolute atomic E-state index is 0.690. The molecule has 0 amide bonds. The molecule has 19 heavy (non-hydrogen) atoms. The van der Waals surface area contributed by atoms with Crippen LogP contribution in [0.15, 0.2) is 49.3 Å². The number of benzene rings is 1. The Balaban J connectivity index is 1.75. The summed E-state index contributed by atoms with van der Waals surface area (Å²) in [6, 6.07) is 8.08. The van der Waals surface area contributed by atoms with Crippen molar-refractivity contribution in [2.75, 3.05) is 5.32 Å². The molecular weight excluding hydrogens is 240 g/mol. The van der Waals surface area contributed by atoms with Gasteiger partial charge in [-0.25, -0.2) is 4.98 Å². The van der Waals surface area contributed by atoms with Crippen molar-refractivity contribution in [1.82, 2.24) is 24.3 Å². The van der Waals surface area contributed by atoms with Crippen LogP contribution in [0.2, 0.25) is 0 Å². The Kier molecular flexibility index (Phi) is 2.97. The predicted octanol–water partition coefficient (Wildman–Crippen LogP) is 1.61. The average molecular weight is 254 g/mol. The van der Waals surface area contributed by atoms with Gasteiger partial charge in [0.15, 0.2) is 0 Å². The Morgan fingerprint density at radius 3 is 2.79 bits per heavy atom. The molecule has 2 aromatic heterocycles. The SMILES string of the molecule is Cn1ccnc1CNc1cccc(-n2cnnc2)c1. The Labute approximate surface area is 110 Å². The van der Waals surface area contributed by atoms with Crippen LogP contribution in [-0.4, -0.2) is 24.3 Å². The summed E-state index contributed by atoms with van der Waals surface area (Å²) in [6.45, 7) is 0.690. The Morgan fingerprint density at radius 1 is 1.21 bits per heavy atom. The van der Waals surface area contributed by atoms with Gasteiger partial charge in [0.25, 0.3) is 0 Å². The van der Waals surface area contributed by atoms with Crippen molar-refractivity contribution in [1.29, 1.82) is 0 Å². The molecule has 0 aliphatic rings. The third kappa shape index (κ3) is 2.47. The number of aryl methyl sites for hydroxylation is 1. The van der Waals surface area contributed by atoms with Crippen LogP contribution in [0.25, 0.3) is 5.69 Å². The molecule has 3 aromatic rings. The molecule has 0 aliphatic carbocycles. The van der Waals surface area contributed by atoms with Crippen LogP contribution >= 0.6 is 0 Å². The lowest BCUT2D eigenvalue weighted by Crippen LogP contribution is -2.05. The van der Waals surface area contributed by atoms with Gasteiger partial charge in [0.2, 0.25) is 0 Å². The summed E-state index contributed by atoms with van der Waals surface area (Å²) < 4.78 is 3.86. The van der Waals surface area contributed by atoms with Crippen molar-refractivity contribution in [3.63, 3.8) is 0 Å². The molecule has 0 saturated carbocycles. The van der Waals surface area contributed by atoms with Crippen molar-refractivity contribution in [3.8, 4) is 5.69 Å². The smallest absolute Gasteiger partial charge is 0.127 e. The van der Waals surface area contributed by atoms with E-state index in [1.54, 1.807) is 18.9 Å². The second kappa shape index (κ2) is 4.93. The van der Waals surface area contributed by atoms with Crippen LogP contribution in [0.3, 0.4) is 0 Å². The van der Waals surface area contributed by atoms with Gasteiger partial charge in [0, 0.05) is 25.1 Å². The largest absolute Gasteiger partial charge is 0.378 e. The first kappa shape index (κ1) is 11.5. The summed E-state index contributed by atoms with van der Waals surface area (Å²) in [7, 11) is 1.98. The molecule has 0 spiro atoms. The Bertz CT molecular complexity index is 655. The molecule has 1 aromatic carbocycles. The van der Waals surface area contributed by atoms with E-state index in [4.69, 9.17) is 0 Å². The van der Waals surface area contributed by atoms with Gasteiger partial charge in [-0.2, -0.15) is 0 Å². The van der Waals surface area contributed by atoms with Gasteiger partial charge < -0.3 is 9.88 Å². The summed E-state index contributed by atoms with van der Waals surface area (Å²) in [5, 5.41) is 11.0. The third-order valence-corrected chi connectivity index (χ3v) is 2.93. The van der Waals surface area contributed by atoms with E-state index in [-0.39, 0.29) is 0 Å². The highest BCUT2D eigenvalue weighted by atomic mass is 15.2. The van der Waals surface area contributed by atoms with Gasteiger partial charge >= 0.3 is 0 Å². The van der Waals surface area contributed by atoms with E-state index in [0.717, 1.165) is 17.2 Å². The normalized spacial score (nSPS) is 10.6. The molecule has 96 valence electrons. The number of anilines is 1. The lowest BCUT2D eigenvalue weighted by molar-refractivity contribution is 0.813. The highest BCUT2D eigenvalue weighted by molar-refractivity contribution is 5.51. The summed E-state index contributed by atoms with van der Waals surface area (Å²) in [6.07, 6.45) is 7.09. The Morgan fingerprint density at radius 2 is 2.05 bits per heavy atom. The molecule has 2 heterocycles. The van der Waals surface area contributed by atoms with E-state index in [1.165, 1.54) is 0 Å². The zero-order chi connectivity index (χ0) is 13.1. The average Bonchev–Trinajstić information content (AvgIpc) is 3.08. The quantitative estimate of drug-likeness (QED) is 0.768. The van der Waals surface area contributed by atoms with Crippen molar-refractivity contribution in [2.45, 2.75) is 6.54 Å². The highest BCUT2D eigenvalue weighted by Crippen LogP contribution is 2.14. The number of aromatic nitrogens is 5. The number of nitrogens with one attached hydrogen (secondary N) is 1. The van der Waals surface area contributed by atoms with E-state index in [0.29, 0.717) is 6.54 Å². The van der Waals surface area contributed by atoms with Crippen molar-refractivity contribution >= 4 is 5.69 Å². The van der Waals surface area contributed by atoms with Gasteiger partial charge in [-0.3, -0.25) is 4.57 Å². The number of hydrogen-bond acceptors (Lipinski definition) is 4. The van der Waals surface area contributed by atoms with Crippen LogP contribution in [0.4, 0.5) is 5.69 Å². The van der Waals surface area contributed by atoms with Crippen LogP contribution in [0.5, 0.6) is 0 Å². The fourth-order valence-corrected chi connectivity index (χ4v) is 1.86. The van der Waals surface area contributed by atoms with Crippen LogP contribution < -0.4 is 5.32 Å². The molecule has 0 bridgehead atoms. The zero-order valence-electron chi connectivity index (χ0n) is 10.6. The standard InChI is InChI=1S/C13H14N6/c1-18-6-5-14-13(18)8-15-11-3-2-4-12(7-11)19-9-16-17-10-19/h2-7,9-10,15H,8H2,1H3. The summed E-state index contributed by atoms with van der Waals surface area (Å²) in [5.74, 6) is 0.995. The number of hydrogen-bond donors (Lipinski definition) is 1. The topological polar surface area (TPSA) is 60.6 Å². The van der Waals surface area contributed by atoms with E-state index in [2.05, 4.69) is 20.5 Å². The van der Waals surface area contributed by atoms with Crippen LogP contribution in [0, 0.1) is 0 Å². The fourth-order valence-electron chi connectivity index (χ4n) is 1.86. The molecule has 0 radical (unpaired) electrons. The lowest BCUT2D eigenvalue weighted by Gasteiger charge is -2.08. The first-order valence-corrected chi connectivity index (χ1v) is 5.98. The maximum atomic E-state index is 4.28. The summed E-state index contributed by atoms with van der Waals surface area (Å²) in [5.41, 5.74) is 2.06. The molecule has 0 fully saturated rings. The monoisotopic (exact) mass is 254 g/mol. The fraction of sp³-hybridized carbons (Fsp3) is 0.154. The molecule has 1 N–H and O–H groups in total. The number of nitrogens with zero attached hydrogens (tertiary/aromatic N) is 5. The molecule has 0 unspecified atom stereocenters. The molecule has 0 aliphatic heterocycles. The Hall–Kier alpha value is -2.63. The maximum absolute atomic E-state index is 4.28. The van der Waals surface area contributed by atoms with Crippen LogP contribution in [0.1, 0.15) is 5.82 Å². The molecule has 0 saturated heterocycles. The third-order valence-electron chi connectivity index (χ3n) is 2.93. The van der Waals surface area contributed by atoms with Crippen molar-refractivity contribution in [2.24, 2.45) is 7.05 Å². The number of imidazole rings is 1. The first-order chi connectivity index (χ1) is 9.33. The second-order valence-corrected chi connectivity index (χ2v) is 4.23. The molecule has 3 rings (SSSR count). The van der Waals surface area contributed by atoms with Gasteiger partial charge in [0.1, 0.15) is 18.5 Å². The lowest BCUT2D eigenvalue weighted by atomic mass is 10.2. The molecule has 6 heteroatoms. The maximum Gasteiger partial charge on any atom is 0.127 e. The van der Waals surface area contributed by atoms with E-state index >= 15 is 0 Å². The first-order valence-electron chi connectivity index (χ1n) is 5.98. The van der Waals surface area contributed by atoms with E-state index in [9.17, 15) is 0 Å². The highest BCUT2D eigenvalue weighted by Gasteiger charge is 2.01. The minimum Gasteiger partial charge on any atom is -0.378 e. The molecular formula is C13H14N6. The van der Waals surface area contributed by atoms with E-state index < -0.39 is 0 Å². The minimum atomic E-state index is 0.690. The van der Waals surface area contributed by atoms with Gasteiger partial charge in [0.05, 0.1) is 12.2 Å². The van der Waals surface area contributed by atoms with Gasteiger partial charge in [-0.05, 0) is 18.2 Å². The number of rotatable bonds is 4. The molecule has 0 atom stereocenters. The van der Waals surface area contributed by atoms with Crippen molar-refractivity contribution < 1.29 is 0 Å². The van der Waals surface area contributed by atoms with Gasteiger partial charge in [-0.1, -0.05) is 6.07 Å². The molecule has 6 nitrogen and oxygen atoms in total. The van der Waals surface area contributed by atoms with E-state index in [1.807, 2.05) is 46.6 Å².